The number of benzene rings is 1. The van der Waals surface area contributed by atoms with Crippen LogP contribution in [-0.4, -0.2) is 13.1 Å². The Labute approximate surface area is 123 Å². The third kappa shape index (κ3) is 4.59. The third-order valence-electron chi connectivity index (χ3n) is 4.59. The SMILES string of the molecule is CCCNCC1CCCCCC1Cc1ccccc1F. The molecule has 2 atom stereocenters. The zero-order valence-electron chi connectivity index (χ0n) is 12.7. The Hall–Kier alpha value is -0.890. The second kappa shape index (κ2) is 8.41. The zero-order chi connectivity index (χ0) is 14.2. The van der Waals surface area contributed by atoms with Crippen molar-refractivity contribution >= 4 is 0 Å². The summed E-state index contributed by atoms with van der Waals surface area (Å²) >= 11 is 0. The Morgan fingerprint density at radius 3 is 2.60 bits per heavy atom. The molecule has 1 aromatic rings. The van der Waals surface area contributed by atoms with E-state index in [9.17, 15) is 4.39 Å². The molecule has 1 fully saturated rings. The highest BCUT2D eigenvalue weighted by Crippen LogP contribution is 2.31. The van der Waals surface area contributed by atoms with E-state index in [0.29, 0.717) is 11.8 Å². The molecule has 1 saturated carbocycles. The predicted octanol–water partition coefficient (Wildman–Crippen LogP) is 4.56. The van der Waals surface area contributed by atoms with Crippen molar-refractivity contribution < 1.29 is 4.39 Å². The van der Waals surface area contributed by atoms with Crippen LogP contribution in [0, 0.1) is 17.7 Å². The van der Waals surface area contributed by atoms with Gasteiger partial charge in [0.1, 0.15) is 5.82 Å². The van der Waals surface area contributed by atoms with E-state index in [1.165, 1.54) is 38.5 Å². The molecule has 2 heteroatoms. The van der Waals surface area contributed by atoms with Gasteiger partial charge in [-0.2, -0.15) is 0 Å². The van der Waals surface area contributed by atoms with Gasteiger partial charge in [0.05, 0.1) is 0 Å². The van der Waals surface area contributed by atoms with E-state index in [1.54, 1.807) is 12.1 Å². The molecule has 1 nitrogen and oxygen atoms in total. The van der Waals surface area contributed by atoms with Gasteiger partial charge >= 0.3 is 0 Å². The molecule has 2 rings (SSSR count). The lowest BCUT2D eigenvalue weighted by molar-refractivity contribution is 0.295. The predicted molar refractivity (Wildman–Crippen MR) is 83.3 cm³/mol. The van der Waals surface area contributed by atoms with Crippen LogP contribution < -0.4 is 5.32 Å². The lowest BCUT2D eigenvalue weighted by atomic mass is 9.83. The third-order valence-corrected chi connectivity index (χ3v) is 4.59. The van der Waals surface area contributed by atoms with Crippen molar-refractivity contribution in [1.29, 1.82) is 0 Å². The molecule has 2 unspecified atom stereocenters. The summed E-state index contributed by atoms with van der Waals surface area (Å²) in [5, 5.41) is 3.57. The molecule has 1 aromatic carbocycles. The molecule has 0 saturated heterocycles. The maximum absolute atomic E-state index is 13.9. The van der Waals surface area contributed by atoms with Crippen molar-refractivity contribution in [2.75, 3.05) is 13.1 Å². The Balaban J connectivity index is 1.98. The molecule has 20 heavy (non-hydrogen) atoms. The molecule has 0 spiro atoms. The summed E-state index contributed by atoms with van der Waals surface area (Å²) in [6, 6.07) is 7.29. The van der Waals surface area contributed by atoms with E-state index in [4.69, 9.17) is 0 Å². The molecule has 1 N–H and O–H groups in total. The highest BCUT2D eigenvalue weighted by Gasteiger charge is 2.24. The van der Waals surface area contributed by atoms with Crippen LogP contribution in [0.15, 0.2) is 24.3 Å². The van der Waals surface area contributed by atoms with Crippen molar-refractivity contribution in [2.45, 2.75) is 51.9 Å². The fourth-order valence-corrected chi connectivity index (χ4v) is 3.41. The average molecular weight is 277 g/mol. The van der Waals surface area contributed by atoms with Crippen LogP contribution in [0.2, 0.25) is 0 Å². The van der Waals surface area contributed by atoms with Gasteiger partial charge < -0.3 is 5.32 Å². The highest BCUT2D eigenvalue weighted by molar-refractivity contribution is 5.18. The standard InChI is InChI=1S/C18H28FN/c1-2-12-20-14-17-10-5-3-4-8-15(17)13-16-9-6-7-11-18(16)19/h6-7,9,11,15,17,20H,2-5,8,10,12-14H2,1H3. The monoisotopic (exact) mass is 277 g/mol. The van der Waals surface area contributed by atoms with E-state index in [-0.39, 0.29) is 5.82 Å². The number of rotatable bonds is 6. The number of nitrogens with one attached hydrogen (secondary N) is 1. The minimum absolute atomic E-state index is 0.0305. The minimum atomic E-state index is -0.0305. The number of hydrogen-bond donors (Lipinski definition) is 1. The van der Waals surface area contributed by atoms with Crippen LogP contribution in [0.1, 0.15) is 51.0 Å². The molecule has 1 aliphatic rings. The van der Waals surface area contributed by atoms with Gasteiger partial charge in [-0.1, -0.05) is 44.4 Å². The van der Waals surface area contributed by atoms with Crippen LogP contribution in [0.3, 0.4) is 0 Å². The van der Waals surface area contributed by atoms with Crippen LogP contribution >= 0.6 is 0 Å². The molecular weight excluding hydrogens is 249 g/mol. The molecular formula is C18H28FN. The van der Waals surface area contributed by atoms with E-state index in [2.05, 4.69) is 12.2 Å². The maximum Gasteiger partial charge on any atom is 0.126 e. The fourth-order valence-electron chi connectivity index (χ4n) is 3.41. The second-order valence-electron chi connectivity index (χ2n) is 6.16. The summed E-state index contributed by atoms with van der Waals surface area (Å²) in [6.07, 6.45) is 8.65. The lowest BCUT2D eigenvalue weighted by Gasteiger charge is -2.26. The first-order valence-corrected chi connectivity index (χ1v) is 8.25. The highest BCUT2D eigenvalue weighted by atomic mass is 19.1. The smallest absolute Gasteiger partial charge is 0.126 e. The second-order valence-corrected chi connectivity index (χ2v) is 6.16. The summed E-state index contributed by atoms with van der Waals surface area (Å²) in [7, 11) is 0. The molecule has 0 aliphatic heterocycles. The lowest BCUT2D eigenvalue weighted by Crippen LogP contribution is -2.29. The van der Waals surface area contributed by atoms with Crippen molar-refractivity contribution in [2.24, 2.45) is 11.8 Å². The summed E-state index contributed by atoms with van der Waals surface area (Å²) < 4.78 is 13.9. The van der Waals surface area contributed by atoms with Crippen LogP contribution in [-0.2, 0) is 6.42 Å². The summed E-state index contributed by atoms with van der Waals surface area (Å²) in [6.45, 7) is 4.41. The Kier molecular flexibility index (Phi) is 6.52. The minimum Gasteiger partial charge on any atom is -0.316 e. The first kappa shape index (κ1) is 15.5. The largest absolute Gasteiger partial charge is 0.316 e. The molecule has 0 heterocycles. The molecule has 0 amide bonds. The van der Waals surface area contributed by atoms with Gasteiger partial charge in [0.15, 0.2) is 0 Å². The van der Waals surface area contributed by atoms with Gasteiger partial charge in [-0.15, -0.1) is 0 Å². The van der Waals surface area contributed by atoms with E-state index < -0.39 is 0 Å². The quantitative estimate of drug-likeness (QED) is 0.593. The van der Waals surface area contributed by atoms with Crippen molar-refractivity contribution in [3.63, 3.8) is 0 Å². The summed E-state index contributed by atoms with van der Waals surface area (Å²) in [4.78, 5) is 0. The number of hydrogen-bond acceptors (Lipinski definition) is 1. The van der Waals surface area contributed by atoms with Gasteiger partial charge in [-0.25, -0.2) is 4.39 Å². The first-order chi connectivity index (χ1) is 9.81. The van der Waals surface area contributed by atoms with Crippen molar-refractivity contribution in [3.8, 4) is 0 Å². The molecule has 0 radical (unpaired) electrons. The van der Waals surface area contributed by atoms with Crippen LogP contribution in [0.4, 0.5) is 4.39 Å². The molecule has 112 valence electrons. The summed E-state index contributed by atoms with van der Waals surface area (Å²) in [5.74, 6) is 1.32. The van der Waals surface area contributed by atoms with Gasteiger partial charge in [-0.3, -0.25) is 0 Å². The van der Waals surface area contributed by atoms with Crippen molar-refractivity contribution in [1.82, 2.24) is 5.32 Å². The number of halogens is 1. The normalized spacial score (nSPS) is 23.5. The van der Waals surface area contributed by atoms with Gasteiger partial charge in [0, 0.05) is 0 Å². The molecule has 0 aromatic heterocycles. The van der Waals surface area contributed by atoms with Crippen LogP contribution in [0.25, 0.3) is 0 Å². The Morgan fingerprint density at radius 2 is 1.85 bits per heavy atom. The van der Waals surface area contributed by atoms with E-state index >= 15 is 0 Å². The maximum atomic E-state index is 13.9. The Morgan fingerprint density at radius 1 is 1.10 bits per heavy atom. The van der Waals surface area contributed by atoms with E-state index in [0.717, 1.165) is 25.1 Å². The molecule has 1 aliphatic carbocycles. The topological polar surface area (TPSA) is 12.0 Å². The van der Waals surface area contributed by atoms with Gasteiger partial charge in [0.2, 0.25) is 0 Å². The molecule has 0 bridgehead atoms. The average Bonchev–Trinajstić information content (AvgIpc) is 2.67. The van der Waals surface area contributed by atoms with E-state index in [1.807, 2.05) is 12.1 Å². The van der Waals surface area contributed by atoms with Gasteiger partial charge in [-0.05, 0) is 62.2 Å². The van der Waals surface area contributed by atoms with Gasteiger partial charge in [0.25, 0.3) is 0 Å². The Bertz CT molecular complexity index is 391. The zero-order valence-corrected chi connectivity index (χ0v) is 12.7. The first-order valence-electron chi connectivity index (χ1n) is 8.25. The van der Waals surface area contributed by atoms with Crippen molar-refractivity contribution in [3.05, 3.63) is 35.6 Å². The summed E-state index contributed by atoms with van der Waals surface area (Å²) in [5.41, 5.74) is 0.903. The fraction of sp³-hybridized carbons (Fsp3) is 0.667. The van der Waals surface area contributed by atoms with Crippen LogP contribution in [0.5, 0.6) is 0 Å².